The summed E-state index contributed by atoms with van der Waals surface area (Å²) in [5, 5.41) is 7.33. The number of carbonyl (C=O) groups is 2. The molecule has 3 rings (SSSR count). The summed E-state index contributed by atoms with van der Waals surface area (Å²) in [5.74, 6) is -0.281. The predicted octanol–water partition coefficient (Wildman–Crippen LogP) is 0.100. The van der Waals surface area contributed by atoms with Gasteiger partial charge in [0.05, 0.1) is 17.8 Å². The second-order valence-corrected chi connectivity index (χ2v) is 6.12. The first-order valence-corrected chi connectivity index (χ1v) is 8.00. The summed E-state index contributed by atoms with van der Waals surface area (Å²) in [6, 6.07) is 1.81. The molecule has 0 aromatic carbocycles. The zero-order chi connectivity index (χ0) is 15.5. The van der Waals surface area contributed by atoms with Crippen molar-refractivity contribution in [3.8, 4) is 0 Å². The number of hydrogen-bond donors (Lipinski definition) is 2. The number of hydrogen-bond acceptors (Lipinski definition) is 5. The van der Waals surface area contributed by atoms with Gasteiger partial charge in [-0.1, -0.05) is 0 Å². The van der Waals surface area contributed by atoms with Crippen molar-refractivity contribution in [1.82, 2.24) is 20.2 Å². The molecule has 1 unspecified atom stereocenters. The van der Waals surface area contributed by atoms with Crippen LogP contribution >= 0.6 is 11.3 Å². The first kappa shape index (κ1) is 14.7. The standard InChI is InChI=1S/C14H16N4O3S/c19-11-2-1-9(7-16-11)13(20)15-4-5-18-8-17-10-3-6-22-12(10)14(18)21/h3,6,8-9H,1-2,4-5,7H2,(H,15,20)(H,16,19). The molecule has 116 valence electrons. The van der Waals surface area contributed by atoms with E-state index >= 15 is 0 Å². The van der Waals surface area contributed by atoms with Crippen LogP contribution in [0.3, 0.4) is 0 Å². The van der Waals surface area contributed by atoms with E-state index in [4.69, 9.17) is 0 Å². The summed E-state index contributed by atoms with van der Waals surface area (Å²) >= 11 is 1.37. The van der Waals surface area contributed by atoms with E-state index in [9.17, 15) is 14.4 Å². The summed E-state index contributed by atoms with van der Waals surface area (Å²) in [7, 11) is 0. The van der Waals surface area contributed by atoms with Gasteiger partial charge in [0.25, 0.3) is 5.56 Å². The third kappa shape index (κ3) is 3.01. The van der Waals surface area contributed by atoms with Gasteiger partial charge in [0.15, 0.2) is 0 Å². The Morgan fingerprint density at radius 1 is 1.50 bits per heavy atom. The second-order valence-electron chi connectivity index (χ2n) is 5.21. The monoisotopic (exact) mass is 320 g/mol. The molecule has 8 heteroatoms. The maximum absolute atomic E-state index is 12.2. The molecular weight excluding hydrogens is 304 g/mol. The van der Waals surface area contributed by atoms with E-state index in [2.05, 4.69) is 15.6 Å². The van der Waals surface area contributed by atoms with Gasteiger partial charge in [-0.2, -0.15) is 0 Å². The molecule has 2 amide bonds. The van der Waals surface area contributed by atoms with Crippen molar-refractivity contribution < 1.29 is 9.59 Å². The molecule has 3 heterocycles. The van der Waals surface area contributed by atoms with Crippen molar-refractivity contribution in [2.45, 2.75) is 19.4 Å². The highest BCUT2D eigenvalue weighted by atomic mass is 32.1. The summed E-state index contributed by atoms with van der Waals surface area (Å²) < 4.78 is 2.13. The van der Waals surface area contributed by atoms with E-state index < -0.39 is 0 Å². The largest absolute Gasteiger partial charge is 0.355 e. The van der Waals surface area contributed by atoms with Gasteiger partial charge >= 0.3 is 0 Å². The number of nitrogens with one attached hydrogen (secondary N) is 2. The van der Waals surface area contributed by atoms with Crippen LogP contribution in [0.4, 0.5) is 0 Å². The molecule has 1 aliphatic heterocycles. The molecule has 0 spiro atoms. The fourth-order valence-corrected chi connectivity index (χ4v) is 3.23. The van der Waals surface area contributed by atoms with Crippen LogP contribution in [0.5, 0.6) is 0 Å². The number of amides is 2. The third-order valence-electron chi connectivity index (χ3n) is 3.72. The van der Waals surface area contributed by atoms with E-state index in [1.54, 1.807) is 0 Å². The van der Waals surface area contributed by atoms with Crippen LogP contribution in [0.2, 0.25) is 0 Å². The highest BCUT2D eigenvalue weighted by Crippen LogP contribution is 2.13. The fraction of sp³-hybridized carbons (Fsp3) is 0.429. The van der Waals surface area contributed by atoms with Gasteiger partial charge in [-0.05, 0) is 17.9 Å². The minimum Gasteiger partial charge on any atom is -0.355 e. The van der Waals surface area contributed by atoms with Crippen molar-refractivity contribution >= 4 is 33.4 Å². The lowest BCUT2D eigenvalue weighted by molar-refractivity contribution is -0.128. The molecule has 1 fully saturated rings. The lowest BCUT2D eigenvalue weighted by Crippen LogP contribution is -2.43. The highest BCUT2D eigenvalue weighted by molar-refractivity contribution is 7.17. The van der Waals surface area contributed by atoms with Crippen LogP contribution in [-0.2, 0) is 16.1 Å². The van der Waals surface area contributed by atoms with Crippen molar-refractivity contribution in [1.29, 1.82) is 0 Å². The molecule has 0 bridgehead atoms. The summed E-state index contributed by atoms with van der Waals surface area (Å²) in [6.07, 6.45) is 2.46. The van der Waals surface area contributed by atoms with Crippen molar-refractivity contribution in [3.05, 3.63) is 28.1 Å². The smallest absolute Gasteiger partial charge is 0.271 e. The average molecular weight is 320 g/mol. The average Bonchev–Trinajstić information content (AvgIpc) is 2.99. The fourth-order valence-electron chi connectivity index (χ4n) is 2.44. The van der Waals surface area contributed by atoms with Crippen LogP contribution < -0.4 is 16.2 Å². The lowest BCUT2D eigenvalue weighted by atomic mass is 9.98. The van der Waals surface area contributed by atoms with Crippen molar-refractivity contribution in [2.24, 2.45) is 5.92 Å². The number of thiophene rings is 1. The maximum Gasteiger partial charge on any atom is 0.271 e. The topological polar surface area (TPSA) is 93.1 Å². The van der Waals surface area contributed by atoms with Gasteiger partial charge in [0.1, 0.15) is 4.70 Å². The molecular formula is C14H16N4O3S. The molecule has 7 nitrogen and oxygen atoms in total. The molecule has 2 N–H and O–H groups in total. The van der Waals surface area contributed by atoms with Gasteiger partial charge in [-0.3, -0.25) is 19.0 Å². The molecule has 1 atom stereocenters. The van der Waals surface area contributed by atoms with Crippen molar-refractivity contribution in [3.63, 3.8) is 0 Å². The van der Waals surface area contributed by atoms with Crippen LogP contribution in [0.1, 0.15) is 12.8 Å². The van der Waals surface area contributed by atoms with Gasteiger partial charge in [-0.25, -0.2) is 4.98 Å². The Balaban J connectivity index is 1.56. The molecule has 0 saturated carbocycles. The Labute approximate surface area is 130 Å². The minimum atomic E-state index is -0.188. The van der Waals surface area contributed by atoms with Crippen molar-refractivity contribution in [2.75, 3.05) is 13.1 Å². The Morgan fingerprint density at radius 3 is 3.14 bits per heavy atom. The number of piperidine rings is 1. The molecule has 0 aliphatic carbocycles. The zero-order valence-electron chi connectivity index (χ0n) is 11.9. The number of fused-ring (bicyclic) bond motifs is 1. The Kier molecular flexibility index (Phi) is 4.19. The lowest BCUT2D eigenvalue weighted by Gasteiger charge is -2.21. The Hall–Kier alpha value is -2.22. The van der Waals surface area contributed by atoms with E-state index in [0.717, 1.165) is 0 Å². The number of carbonyl (C=O) groups excluding carboxylic acids is 2. The minimum absolute atomic E-state index is 0.00840. The van der Waals surface area contributed by atoms with Gasteiger partial charge in [0.2, 0.25) is 11.8 Å². The third-order valence-corrected chi connectivity index (χ3v) is 4.62. The molecule has 1 aliphatic rings. The van der Waals surface area contributed by atoms with Crippen LogP contribution in [-0.4, -0.2) is 34.5 Å². The molecule has 22 heavy (non-hydrogen) atoms. The SMILES string of the molecule is O=C1CCC(C(=O)NCCn2cnc3ccsc3c2=O)CN1. The number of rotatable bonds is 4. The van der Waals surface area contributed by atoms with E-state index in [1.807, 2.05) is 11.4 Å². The van der Waals surface area contributed by atoms with Crippen LogP contribution in [0.25, 0.3) is 10.2 Å². The molecule has 2 aromatic heterocycles. The van der Waals surface area contributed by atoms with Crippen LogP contribution in [0.15, 0.2) is 22.6 Å². The predicted molar refractivity (Wildman–Crippen MR) is 82.6 cm³/mol. The second kappa shape index (κ2) is 6.27. The van der Waals surface area contributed by atoms with E-state index in [-0.39, 0.29) is 23.3 Å². The quantitative estimate of drug-likeness (QED) is 0.835. The van der Waals surface area contributed by atoms with Gasteiger partial charge in [-0.15, -0.1) is 11.3 Å². The zero-order valence-corrected chi connectivity index (χ0v) is 12.7. The highest BCUT2D eigenvalue weighted by Gasteiger charge is 2.23. The normalized spacial score (nSPS) is 18.2. The molecule has 2 aromatic rings. The first-order valence-electron chi connectivity index (χ1n) is 7.12. The molecule has 1 saturated heterocycles. The summed E-state index contributed by atoms with van der Waals surface area (Å²) in [4.78, 5) is 39.4. The summed E-state index contributed by atoms with van der Waals surface area (Å²) in [6.45, 7) is 1.12. The van der Waals surface area contributed by atoms with Crippen LogP contribution in [0, 0.1) is 5.92 Å². The van der Waals surface area contributed by atoms with E-state index in [1.165, 1.54) is 22.2 Å². The first-order chi connectivity index (χ1) is 10.6. The summed E-state index contributed by atoms with van der Waals surface area (Å²) in [5.41, 5.74) is 0.618. The number of nitrogens with zero attached hydrogens (tertiary/aromatic N) is 2. The Bertz CT molecular complexity index is 757. The van der Waals surface area contributed by atoms with E-state index in [0.29, 0.717) is 42.7 Å². The number of aromatic nitrogens is 2. The van der Waals surface area contributed by atoms with Gasteiger partial charge in [0, 0.05) is 26.1 Å². The van der Waals surface area contributed by atoms with Gasteiger partial charge < -0.3 is 10.6 Å². The Morgan fingerprint density at radius 2 is 2.36 bits per heavy atom. The maximum atomic E-state index is 12.2. The molecule has 0 radical (unpaired) electrons.